The minimum Gasteiger partial charge on any atom is -0.477 e. The molecule has 3 aromatic rings. The topological polar surface area (TPSA) is 71.2 Å². The Labute approximate surface area is 162 Å². The van der Waals surface area contributed by atoms with Gasteiger partial charge in [0.25, 0.3) is 0 Å². The average molecular weight is 374 g/mol. The molecule has 6 nitrogen and oxygen atoms in total. The molecule has 28 heavy (non-hydrogen) atoms. The van der Waals surface area contributed by atoms with E-state index in [1.807, 2.05) is 35.0 Å². The van der Waals surface area contributed by atoms with Crippen LogP contribution in [0.3, 0.4) is 0 Å². The first-order valence-corrected chi connectivity index (χ1v) is 10.2. The van der Waals surface area contributed by atoms with Crippen LogP contribution >= 0.6 is 0 Å². The Kier molecular flexibility index (Phi) is 3.34. The van der Waals surface area contributed by atoms with Gasteiger partial charge in [-0.15, -0.1) is 0 Å². The molecule has 142 valence electrons. The molecule has 3 fully saturated rings. The van der Waals surface area contributed by atoms with Crippen molar-refractivity contribution in [3.63, 3.8) is 0 Å². The standard InChI is InChI=1S/C22H22N4O2/c27-22(28)17-10-18(25-11-14-9-15(14)12-25)19-20(13-5-4-6-13)24-26(21(19)23-17)16-7-2-1-3-8-16/h1-3,7-8,10,13-15H,4-6,9,11-12H2,(H,27,28). The molecule has 0 spiro atoms. The number of piperidine rings is 1. The predicted octanol–water partition coefficient (Wildman–Crippen LogP) is 3.84. The molecule has 6 rings (SSSR count). The summed E-state index contributed by atoms with van der Waals surface area (Å²) in [6.07, 6.45) is 4.84. The molecule has 0 bridgehead atoms. The summed E-state index contributed by atoms with van der Waals surface area (Å²) in [6, 6.07) is 11.7. The summed E-state index contributed by atoms with van der Waals surface area (Å²) in [5.41, 5.74) is 3.79. The van der Waals surface area contributed by atoms with Gasteiger partial charge in [-0.25, -0.2) is 14.5 Å². The first-order chi connectivity index (χ1) is 13.7. The van der Waals surface area contributed by atoms with Crippen LogP contribution in [0.2, 0.25) is 0 Å². The van der Waals surface area contributed by atoms with E-state index in [0.717, 1.165) is 60.2 Å². The van der Waals surface area contributed by atoms with Crippen LogP contribution in [-0.2, 0) is 0 Å². The van der Waals surface area contributed by atoms with E-state index < -0.39 is 5.97 Å². The lowest BCUT2D eigenvalue weighted by atomic mass is 9.82. The number of anilines is 1. The number of aromatic nitrogens is 3. The summed E-state index contributed by atoms with van der Waals surface area (Å²) in [4.78, 5) is 18.7. The number of carbonyl (C=O) groups is 1. The van der Waals surface area contributed by atoms with Gasteiger partial charge in [-0.2, -0.15) is 5.10 Å². The summed E-state index contributed by atoms with van der Waals surface area (Å²) in [5.74, 6) is 1.000. The number of nitrogens with zero attached hydrogens (tertiary/aromatic N) is 4. The summed E-state index contributed by atoms with van der Waals surface area (Å²) in [6.45, 7) is 2.03. The Morgan fingerprint density at radius 2 is 1.86 bits per heavy atom. The van der Waals surface area contributed by atoms with Crippen molar-refractivity contribution < 1.29 is 9.90 Å². The Balaban J connectivity index is 1.62. The van der Waals surface area contributed by atoms with Crippen LogP contribution in [0.5, 0.6) is 0 Å². The number of aromatic carboxylic acids is 1. The van der Waals surface area contributed by atoms with Gasteiger partial charge in [0.1, 0.15) is 0 Å². The number of carboxylic acid groups (broad SMARTS) is 1. The number of pyridine rings is 1. The number of hydrogen-bond donors (Lipinski definition) is 1. The van der Waals surface area contributed by atoms with E-state index in [9.17, 15) is 9.90 Å². The van der Waals surface area contributed by atoms with Crippen LogP contribution in [0.4, 0.5) is 5.69 Å². The van der Waals surface area contributed by atoms with Crippen molar-refractivity contribution in [1.29, 1.82) is 0 Å². The fraction of sp³-hybridized carbons (Fsp3) is 0.409. The van der Waals surface area contributed by atoms with Gasteiger partial charge >= 0.3 is 5.97 Å². The molecule has 2 unspecified atom stereocenters. The van der Waals surface area contributed by atoms with Crippen molar-refractivity contribution in [2.75, 3.05) is 18.0 Å². The van der Waals surface area contributed by atoms with Crippen LogP contribution in [0, 0.1) is 11.8 Å². The fourth-order valence-electron chi connectivity index (χ4n) is 4.79. The Bertz CT molecular complexity index is 1080. The minimum absolute atomic E-state index is 0.0975. The number of hydrogen-bond acceptors (Lipinski definition) is 4. The van der Waals surface area contributed by atoms with Gasteiger partial charge in [-0.05, 0) is 49.3 Å². The molecular weight excluding hydrogens is 352 g/mol. The monoisotopic (exact) mass is 374 g/mol. The lowest BCUT2D eigenvalue weighted by Gasteiger charge is -2.26. The molecule has 2 aliphatic carbocycles. The van der Waals surface area contributed by atoms with Crippen LogP contribution in [-0.4, -0.2) is 38.9 Å². The number of carboxylic acids is 1. The molecule has 2 saturated carbocycles. The van der Waals surface area contributed by atoms with E-state index in [2.05, 4.69) is 9.88 Å². The zero-order valence-corrected chi connectivity index (χ0v) is 15.6. The highest BCUT2D eigenvalue weighted by Gasteiger charge is 2.46. The molecule has 2 aromatic heterocycles. The van der Waals surface area contributed by atoms with Crippen LogP contribution < -0.4 is 4.90 Å². The molecule has 0 amide bonds. The summed E-state index contributed by atoms with van der Waals surface area (Å²) >= 11 is 0. The molecule has 1 saturated heterocycles. The third kappa shape index (κ3) is 2.37. The molecule has 0 radical (unpaired) electrons. The zero-order valence-electron chi connectivity index (χ0n) is 15.6. The van der Waals surface area contributed by atoms with Gasteiger partial charge in [0, 0.05) is 19.0 Å². The van der Waals surface area contributed by atoms with E-state index in [1.54, 1.807) is 6.07 Å². The van der Waals surface area contributed by atoms with Crippen molar-refractivity contribution in [3.05, 3.63) is 47.8 Å². The highest BCUT2D eigenvalue weighted by Crippen LogP contribution is 2.49. The molecule has 2 atom stereocenters. The maximum absolute atomic E-state index is 11.8. The Morgan fingerprint density at radius 3 is 2.50 bits per heavy atom. The van der Waals surface area contributed by atoms with Gasteiger partial charge in [0.15, 0.2) is 11.3 Å². The Hall–Kier alpha value is -2.89. The largest absolute Gasteiger partial charge is 0.477 e. The summed E-state index contributed by atoms with van der Waals surface area (Å²) in [7, 11) is 0. The van der Waals surface area contributed by atoms with Crippen molar-refractivity contribution in [2.24, 2.45) is 11.8 Å². The molecule has 6 heteroatoms. The molecule has 1 N–H and O–H groups in total. The van der Waals surface area contributed by atoms with Gasteiger partial charge in [-0.3, -0.25) is 0 Å². The third-order valence-corrected chi connectivity index (χ3v) is 6.68. The van der Waals surface area contributed by atoms with Crippen molar-refractivity contribution in [3.8, 4) is 5.69 Å². The third-order valence-electron chi connectivity index (χ3n) is 6.68. The van der Waals surface area contributed by atoms with Gasteiger partial charge in [0.05, 0.1) is 22.5 Å². The smallest absolute Gasteiger partial charge is 0.354 e. The van der Waals surface area contributed by atoms with E-state index in [-0.39, 0.29) is 5.69 Å². The molecule has 1 aromatic carbocycles. The first kappa shape index (κ1) is 16.1. The molecule has 3 heterocycles. The van der Waals surface area contributed by atoms with Crippen molar-refractivity contribution in [2.45, 2.75) is 31.6 Å². The zero-order chi connectivity index (χ0) is 18.8. The predicted molar refractivity (Wildman–Crippen MR) is 106 cm³/mol. The quantitative estimate of drug-likeness (QED) is 0.751. The van der Waals surface area contributed by atoms with Gasteiger partial charge in [-0.1, -0.05) is 24.6 Å². The average Bonchev–Trinajstić information content (AvgIpc) is 3.10. The minimum atomic E-state index is -0.987. The van der Waals surface area contributed by atoms with E-state index in [1.165, 1.54) is 12.8 Å². The molecular formula is C22H22N4O2. The normalized spacial score (nSPS) is 23.6. The highest BCUT2D eigenvalue weighted by atomic mass is 16.4. The van der Waals surface area contributed by atoms with Crippen molar-refractivity contribution in [1.82, 2.24) is 14.8 Å². The van der Waals surface area contributed by atoms with E-state index in [0.29, 0.717) is 11.6 Å². The molecule has 3 aliphatic rings. The highest BCUT2D eigenvalue weighted by molar-refractivity contribution is 5.98. The lowest BCUT2D eigenvalue weighted by Crippen LogP contribution is -2.23. The maximum Gasteiger partial charge on any atom is 0.354 e. The number of para-hydroxylation sites is 1. The SMILES string of the molecule is O=C(O)c1cc(N2CC3CC3C2)c2c(C3CCC3)nn(-c3ccccc3)c2n1. The van der Waals surface area contributed by atoms with Crippen molar-refractivity contribution >= 4 is 22.7 Å². The van der Waals surface area contributed by atoms with Gasteiger partial charge in [0.2, 0.25) is 0 Å². The Morgan fingerprint density at radius 1 is 1.11 bits per heavy atom. The summed E-state index contributed by atoms with van der Waals surface area (Å²) < 4.78 is 1.84. The second-order valence-corrected chi connectivity index (χ2v) is 8.45. The lowest BCUT2D eigenvalue weighted by molar-refractivity contribution is 0.0691. The van der Waals surface area contributed by atoms with Crippen LogP contribution in [0.25, 0.3) is 16.7 Å². The second kappa shape index (κ2) is 5.80. The van der Waals surface area contributed by atoms with Crippen LogP contribution in [0.1, 0.15) is 47.8 Å². The number of fused-ring (bicyclic) bond motifs is 2. The second-order valence-electron chi connectivity index (χ2n) is 8.45. The number of benzene rings is 1. The number of rotatable bonds is 4. The fourth-order valence-corrected chi connectivity index (χ4v) is 4.79. The van der Waals surface area contributed by atoms with E-state index in [4.69, 9.17) is 5.10 Å². The van der Waals surface area contributed by atoms with E-state index >= 15 is 0 Å². The maximum atomic E-state index is 11.8. The molecule has 1 aliphatic heterocycles. The van der Waals surface area contributed by atoms with Gasteiger partial charge < -0.3 is 10.0 Å². The van der Waals surface area contributed by atoms with Crippen LogP contribution in [0.15, 0.2) is 36.4 Å². The first-order valence-electron chi connectivity index (χ1n) is 10.2. The summed E-state index contributed by atoms with van der Waals surface area (Å²) in [5, 5.41) is 15.7.